The molecule has 2 heterocycles. The molecular formula is C45H42N6O2. The highest BCUT2D eigenvalue weighted by molar-refractivity contribution is 5.92. The van der Waals surface area contributed by atoms with E-state index in [0.717, 1.165) is 76.1 Å². The zero-order valence-electron chi connectivity index (χ0n) is 30.1. The molecule has 0 radical (unpaired) electrons. The summed E-state index contributed by atoms with van der Waals surface area (Å²) in [5.74, 6) is 0.643. The van der Waals surface area contributed by atoms with E-state index in [2.05, 4.69) is 73.7 Å². The van der Waals surface area contributed by atoms with E-state index in [1.807, 2.05) is 84.4 Å². The first-order valence-electron chi connectivity index (χ1n) is 18.5. The van der Waals surface area contributed by atoms with Crippen molar-refractivity contribution in [3.8, 4) is 22.5 Å². The van der Waals surface area contributed by atoms with Gasteiger partial charge in [-0.1, -0.05) is 146 Å². The molecule has 8 nitrogen and oxygen atoms in total. The lowest BCUT2D eigenvalue weighted by Crippen LogP contribution is -2.39. The van der Waals surface area contributed by atoms with Crippen LogP contribution >= 0.6 is 0 Å². The Balaban J connectivity index is 1.16. The van der Waals surface area contributed by atoms with Gasteiger partial charge in [0.15, 0.2) is 5.54 Å². The fourth-order valence-corrected chi connectivity index (χ4v) is 7.50. The van der Waals surface area contributed by atoms with Crippen molar-refractivity contribution in [2.75, 3.05) is 6.61 Å². The van der Waals surface area contributed by atoms with Crippen LogP contribution in [-0.4, -0.2) is 42.6 Å². The Morgan fingerprint density at radius 3 is 1.83 bits per heavy atom. The van der Waals surface area contributed by atoms with Crippen molar-refractivity contribution in [1.29, 1.82) is 0 Å². The standard InChI is InChI=1S/C45H42N6O2/c1-3-30-50-42(34-28-29-34)41(44(52)53-4-2)40(47-50)31-32-24-26-33(27-25-32)38-22-14-15-23-39(38)43-46-49-51(48-43)45(35-16-8-5-9-17-35,36-18-10-6-11-19-36)37-20-12-7-13-21-37/h5-27,34H,3-4,28-31H2,1-2H3. The Bertz CT molecular complexity index is 2210. The summed E-state index contributed by atoms with van der Waals surface area (Å²) in [6.45, 7) is 5.12. The number of hydrogen-bond acceptors (Lipinski definition) is 6. The molecule has 0 atom stereocenters. The highest BCUT2D eigenvalue weighted by atomic mass is 16.5. The molecule has 0 unspecified atom stereocenters. The number of rotatable bonds is 13. The van der Waals surface area contributed by atoms with Crippen LogP contribution < -0.4 is 0 Å². The molecule has 5 aromatic carbocycles. The summed E-state index contributed by atoms with van der Waals surface area (Å²) >= 11 is 0. The largest absolute Gasteiger partial charge is 0.462 e. The van der Waals surface area contributed by atoms with Gasteiger partial charge in [0.05, 0.1) is 18.0 Å². The van der Waals surface area contributed by atoms with Crippen molar-refractivity contribution in [3.05, 3.63) is 179 Å². The SMILES string of the molecule is CCCn1nc(Cc2ccc(-c3ccccc3-c3nnn(C(c4ccccc4)(c4ccccc4)c4ccccc4)n3)cc2)c(C(=O)OCC)c1C1CC1. The van der Waals surface area contributed by atoms with Crippen molar-refractivity contribution < 1.29 is 9.53 Å². The van der Waals surface area contributed by atoms with Gasteiger partial charge in [0, 0.05) is 24.4 Å². The molecule has 1 saturated carbocycles. The third-order valence-electron chi connectivity index (χ3n) is 10.0. The van der Waals surface area contributed by atoms with E-state index in [4.69, 9.17) is 25.2 Å². The summed E-state index contributed by atoms with van der Waals surface area (Å²) in [5.41, 5.74) is 8.69. The molecule has 1 aliphatic rings. The minimum Gasteiger partial charge on any atom is -0.462 e. The Hall–Kier alpha value is -6.15. The lowest BCUT2D eigenvalue weighted by molar-refractivity contribution is 0.0523. The third-order valence-corrected chi connectivity index (χ3v) is 10.0. The Morgan fingerprint density at radius 2 is 1.28 bits per heavy atom. The second-order valence-corrected chi connectivity index (χ2v) is 13.6. The number of carbonyl (C=O) groups excluding carboxylic acids is 1. The summed E-state index contributed by atoms with van der Waals surface area (Å²) in [4.78, 5) is 15.0. The van der Waals surface area contributed by atoms with Gasteiger partial charge in [-0.2, -0.15) is 5.10 Å². The van der Waals surface area contributed by atoms with Crippen LogP contribution in [0.5, 0.6) is 0 Å². The molecule has 0 amide bonds. The molecule has 8 heteroatoms. The van der Waals surface area contributed by atoms with Crippen molar-refractivity contribution in [1.82, 2.24) is 30.0 Å². The van der Waals surface area contributed by atoms with Crippen molar-refractivity contribution in [2.24, 2.45) is 0 Å². The fourth-order valence-electron chi connectivity index (χ4n) is 7.50. The second kappa shape index (κ2) is 14.8. The van der Waals surface area contributed by atoms with Crippen LogP contribution in [0, 0.1) is 0 Å². The number of nitrogens with zero attached hydrogens (tertiary/aromatic N) is 6. The van der Waals surface area contributed by atoms with E-state index in [0.29, 0.717) is 30.3 Å². The summed E-state index contributed by atoms with van der Waals surface area (Å²) in [5, 5.41) is 19.6. The van der Waals surface area contributed by atoms with Gasteiger partial charge in [-0.05, 0) is 64.8 Å². The lowest BCUT2D eigenvalue weighted by Gasteiger charge is -2.34. The van der Waals surface area contributed by atoms with Gasteiger partial charge >= 0.3 is 5.97 Å². The molecule has 0 aliphatic heterocycles. The van der Waals surface area contributed by atoms with Gasteiger partial charge < -0.3 is 4.74 Å². The molecule has 2 aromatic heterocycles. The fraction of sp³-hybridized carbons (Fsp3) is 0.222. The third kappa shape index (κ3) is 6.46. The molecule has 0 spiro atoms. The Labute approximate surface area is 310 Å². The van der Waals surface area contributed by atoms with Gasteiger partial charge in [0.1, 0.15) is 5.56 Å². The topological polar surface area (TPSA) is 87.7 Å². The molecule has 1 fully saturated rings. The smallest absolute Gasteiger partial charge is 0.341 e. The molecule has 0 bridgehead atoms. The van der Waals surface area contributed by atoms with Crippen LogP contribution in [0.1, 0.15) is 83.0 Å². The molecule has 7 aromatic rings. The number of aromatic nitrogens is 6. The van der Waals surface area contributed by atoms with Gasteiger partial charge in [0.25, 0.3) is 0 Å². The average molecular weight is 699 g/mol. The first kappa shape index (κ1) is 34.0. The van der Waals surface area contributed by atoms with Gasteiger partial charge in [-0.25, -0.2) is 4.79 Å². The molecule has 0 saturated heterocycles. The number of aryl methyl sites for hydroxylation is 1. The average Bonchev–Trinajstić information content (AvgIpc) is 3.82. The number of hydrogen-bond donors (Lipinski definition) is 0. The second-order valence-electron chi connectivity index (χ2n) is 13.6. The normalized spacial score (nSPS) is 12.9. The van der Waals surface area contributed by atoms with E-state index < -0.39 is 5.54 Å². The molecule has 8 rings (SSSR count). The molecule has 0 N–H and O–H groups in total. The van der Waals surface area contributed by atoms with E-state index in [-0.39, 0.29) is 5.97 Å². The Kier molecular flexibility index (Phi) is 9.51. The minimum absolute atomic E-state index is 0.270. The van der Waals surface area contributed by atoms with Gasteiger partial charge in [0.2, 0.25) is 5.82 Å². The van der Waals surface area contributed by atoms with Crippen LogP contribution in [0.2, 0.25) is 0 Å². The highest BCUT2D eigenvalue weighted by Crippen LogP contribution is 2.44. The quantitative estimate of drug-likeness (QED) is 0.0882. The van der Waals surface area contributed by atoms with Crippen LogP contribution in [-0.2, 0) is 23.2 Å². The number of tetrazole rings is 1. The first-order chi connectivity index (χ1) is 26.1. The molecule has 264 valence electrons. The number of carbonyl (C=O) groups is 1. The van der Waals surface area contributed by atoms with Crippen molar-refractivity contribution >= 4 is 5.97 Å². The monoisotopic (exact) mass is 698 g/mol. The summed E-state index contributed by atoms with van der Waals surface area (Å²) in [7, 11) is 0. The maximum Gasteiger partial charge on any atom is 0.341 e. The predicted octanol–water partition coefficient (Wildman–Crippen LogP) is 9.10. The Morgan fingerprint density at radius 1 is 0.717 bits per heavy atom. The minimum atomic E-state index is -0.864. The first-order valence-corrected chi connectivity index (χ1v) is 18.5. The van der Waals surface area contributed by atoms with Crippen LogP contribution in [0.4, 0.5) is 0 Å². The van der Waals surface area contributed by atoms with E-state index in [1.54, 1.807) is 4.80 Å². The van der Waals surface area contributed by atoms with Crippen molar-refractivity contribution in [2.45, 2.75) is 57.5 Å². The van der Waals surface area contributed by atoms with Crippen LogP contribution in [0.15, 0.2) is 140 Å². The van der Waals surface area contributed by atoms with Gasteiger partial charge in [-0.3, -0.25) is 4.68 Å². The van der Waals surface area contributed by atoms with Gasteiger partial charge in [-0.15, -0.1) is 15.0 Å². The zero-order chi connectivity index (χ0) is 36.2. The predicted molar refractivity (Wildman–Crippen MR) is 207 cm³/mol. The number of esters is 1. The number of benzene rings is 5. The van der Waals surface area contributed by atoms with Crippen molar-refractivity contribution in [3.63, 3.8) is 0 Å². The zero-order valence-corrected chi connectivity index (χ0v) is 30.1. The molecular weight excluding hydrogens is 657 g/mol. The van der Waals surface area contributed by atoms with Crippen LogP contribution in [0.3, 0.4) is 0 Å². The van der Waals surface area contributed by atoms with Crippen LogP contribution in [0.25, 0.3) is 22.5 Å². The maximum absolute atomic E-state index is 13.2. The van der Waals surface area contributed by atoms with E-state index in [9.17, 15) is 4.79 Å². The number of ether oxygens (including phenoxy) is 1. The summed E-state index contributed by atoms with van der Waals surface area (Å²) in [6.07, 6.45) is 3.67. The summed E-state index contributed by atoms with van der Waals surface area (Å²) < 4.78 is 7.58. The summed E-state index contributed by atoms with van der Waals surface area (Å²) in [6, 6.07) is 47.7. The lowest BCUT2D eigenvalue weighted by atomic mass is 9.77. The molecule has 53 heavy (non-hydrogen) atoms. The highest BCUT2D eigenvalue weighted by Gasteiger charge is 2.41. The molecule has 1 aliphatic carbocycles. The maximum atomic E-state index is 13.2. The van der Waals surface area contributed by atoms with E-state index in [1.165, 1.54) is 0 Å². The van der Waals surface area contributed by atoms with E-state index >= 15 is 0 Å².